The van der Waals surface area contributed by atoms with Crippen LogP contribution in [0.2, 0.25) is 0 Å². The van der Waals surface area contributed by atoms with E-state index in [2.05, 4.69) is 15.9 Å². The summed E-state index contributed by atoms with van der Waals surface area (Å²) in [6, 6.07) is 17.6. The Labute approximate surface area is 155 Å². The fourth-order valence-corrected chi connectivity index (χ4v) is 3.53. The molecule has 25 heavy (non-hydrogen) atoms. The lowest BCUT2D eigenvalue weighted by atomic mass is 9.73. The zero-order valence-corrected chi connectivity index (χ0v) is 15.5. The van der Waals surface area contributed by atoms with Crippen molar-refractivity contribution in [3.63, 3.8) is 0 Å². The van der Waals surface area contributed by atoms with Crippen molar-refractivity contribution in [3.05, 3.63) is 76.3 Å². The smallest absolute Gasteiger partial charge is 0.317 e. The van der Waals surface area contributed by atoms with Crippen molar-refractivity contribution in [3.8, 4) is 0 Å². The van der Waals surface area contributed by atoms with Gasteiger partial charge >= 0.3 is 5.97 Å². The molecule has 3 nitrogen and oxygen atoms in total. The molecule has 0 spiro atoms. The molecular weight excluding hydrogens is 380 g/mol. The normalized spacial score (nSPS) is 20.1. The first kappa shape index (κ1) is 17.6. The minimum Gasteiger partial charge on any atom is -0.465 e. The Bertz CT molecular complexity index is 794. The van der Waals surface area contributed by atoms with E-state index in [9.17, 15) is 9.59 Å². The molecule has 1 aliphatic rings. The number of hydrogen-bond donors (Lipinski definition) is 0. The molecule has 3 rings (SSSR count). The van der Waals surface area contributed by atoms with Gasteiger partial charge in [0.1, 0.15) is 5.92 Å². The standard InChI is InChI=1S/C21H19BrO3/c1-2-25-21(24)20-18(15-6-4-3-5-7-15)12-16(13-19(20)23)14-8-10-17(22)11-9-14/h3-11,13,18,20H,2,12H2,1H3/t18-,20+/m1/s1. The van der Waals surface area contributed by atoms with Gasteiger partial charge in [-0.3, -0.25) is 9.59 Å². The summed E-state index contributed by atoms with van der Waals surface area (Å²) in [5.74, 6) is -1.61. The van der Waals surface area contributed by atoms with Crippen LogP contribution in [0.4, 0.5) is 0 Å². The summed E-state index contributed by atoms with van der Waals surface area (Å²) >= 11 is 3.43. The maximum Gasteiger partial charge on any atom is 0.317 e. The lowest BCUT2D eigenvalue weighted by Crippen LogP contribution is -2.34. The van der Waals surface area contributed by atoms with Gasteiger partial charge in [-0.2, -0.15) is 0 Å². The molecule has 0 fully saturated rings. The van der Waals surface area contributed by atoms with E-state index in [1.165, 1.54) is 0 Å². The molecule has 0 aromatic heterocycles. The topological polar surface area (TPSA) is 43.4 Å². The average Bonchev–Trinajstić information content (AvgIpc) is 2.62. The van der Waals surface area contributed by atoms with E-state index in [1.807, 2.05) is 54.6 Å². The van der Waals surface area contributed by atoms with Crippen molar-refractivity contribution in [1.29, 1.82) is 0 Å². The van der Waals surface area contributed by atoms with Crippen LogP contribution in [-0.4, -0.2) is 18.4 Å². The summed E-state index contributed by atoms with van der Waals surface area (Å²) in [7, 11) is 0. The molecule has 2 atom stereocenters. The summed E-state index contributed by atoms with van der Waals surface area (Å²) in [4.78, 5) is 25.2. The van der Waals surface area contributed by atoms with Gasteiger partial charge in [0.05, 0.1) is 6.61 Å². The lowest BCUT2D eigenvalue weighted by Gasteiger charge is -2.29. The van der Waals surface area contributed by atoms with E-state index in [1.54, 1.807) is 13.0 Å². The number of halogens is 1. The Hall–Kier alpha value is -2.20. The third-order valence-corrected chi connectivity index (χ3v) is 4.98. The molecule has 4 heteroatoms. The van der Waals surface area contributed by atoms with Crippen molar-refractivity contribution < 1.29 is 14.3 Å². The maximum atomic E-state index is 12.8. The van der Waals surface area contributed by atoms with E-state index >= 15 is 0 Å². The first-order chi connectivity index (χ1) is 12.1. The second-order valence-electron chi connectivity index (χ2n) is 6.03. The highest BCUT2D eigenvalue weighted by molar-refractivity contribution is 9.10. The number of ether oxygens (including phenoxy) is 1. The zero-order valence-electron chi connectivity index (χ0n) is 13.9. The molecule has 2 aromatic carbocycles. The fourth-order valence-electron chi connectivity index (χ4n) is 3.26. The van der Waals surface area contributed by atoms with Crippen LogP contribution in [-0.2, 0) is 14.3 Å². The number of carbonyl (C=O) groups is 2. The van der Waals surface area contributed by atoms with E-state index in [-0.39, 0.29) is 18.3 Å². The molecule has 0 bridgehead atoms. The van der Waals surface area contributed by atoms with Crippen molar-refractivity contribution in [2.75, 3.05) is 6.61 Å². The van der Waals surface area contributed by atoms with Crippen LogP contribution in [0.15, 0.2) is 65.1 Å². The third-order valence-electron chi connectivity index (χ3n) is 4.45. The fraction of sp³-hybridized carbons (Fsp3) is 0.238. The van der Waals surface area contributed by atoms with Gasteiger partial charge in [0.15, 0.2) is 5.78 Å². The molecule has 0 amide bonds. The first-order valence-corrected chi connectivity index (χ1v) is 9.11. The Morgan fingerprint density at radius 2 is 1.80 bits per heavy atom. The van der Waals surface area contributed by atoms with Crippen molar-refractivity contribution >= 4 is 33.3 Å². The number of allylic oxidation sites excluding steroid dienone is 2. The third kappa shape index (κ3) is 3.90. The molecule has 128 valence electrons. The molecule has 0 heterocycles. The molecule has 0 unspecified atom stereocenters. The molecule has 0 saturated carbocycles. The Morgan fingerprint density at radius 3 is 2.44 bits per heavy atom. The number of hydrogen-bond acceptors (Lipinski definition) is 3. The number of carbonyl (C=O) groups excluding carboxylic acids is 2. The summed E-state index contributed by atoms with van der Waals surface area (Å²) < 4.78 is 6.15. The van der Waals surface area contributed by atoms with Crippen molar-refractivity contribution in [2.24, 2.45) is 5.92 Å². The van der Waals surface area contributed by atoms with Crippen LogP contribution in [0, 0.1) is 5.92 Å². The van der Waals surface area contributed by atoms with Gasteiger partial charge in [0, 0.05) is 10.4 Å². The molecular formula is C21H19BrO3. The summed E-state index contributed by atoms with van der Waals surface area (Å²) in [5, 5.41) is 0. The largest absolute Gasteiger partial charge is 0.465 e. The Balaban J connectivity index is 2.00. The summed E-state index contributed by atoms with van der Waals surface area (Å²) in [6.45, 7) is 2.03. The summed E-state index contributed by atoms with van der Waals surface area (Å²) in [6.07, 6.45) is 2.23. The highest BCUT2D eigenvalue weighted by Gasteiger charge is 2.39. The van der Waals surface area contributed by atoms with Crippen LogP contribution < -0.4 is 0 Å². The van der Waals surface area contributed by atoms with Crippen LogP contribution in [0.1, 0.15) is 30.4 Å². The van der Waals surface area contributed by atoms with E-state index in [0.29, 0.717) is 6.42 Å². The van der Waals surface area contributed by atoms with Gasteiger partial charge in [0.2, 0.25) is 0 Å². The van der Waals surface area contributed by atoms with Gasteiger partial charge in [-0.05, 0) is 48.3 Å². The van der Waals surface area contributed by atoms with Crippen LogP contribution in [0.5, 0.6) is 0 Å². The predicted octanol–water partition coefficient (Wildman–Crippen LogP) is 4.77. The highest BCUT2D eigenvalue weighted by atomic mass is 79.9. The Kier molecular flexibility index (Phi) is 5.49. The van der Waals surface area contributed by atoms with Crippen LogP contribution in [0.3, 0.4) is 0 Å². The molecule has 2 aromatic rings. The quantitative estimate of drug-likeness (QED) is 0.550. The van der Waals surface area contributed by atoms with Crippen molar-refractivity contribution in [1.82, 2.24) is 0 Å². The van der Waals surface area contributed by atoms with Crippen LogP contribution in [0.25, 0.3) is 5.57 Å². The minimum absolute atomic E-state index is 0.184. The maximum absolute atomic E-state index is 12.8. The van der Waals surface area contributed by atoms with Gasteiger partial charge in [-0.15, -0.1) is 0 Å². The highest BCUT2D eigenvalue weighted by Crippen LogP contribution is 2.40. The SMILES string of the molecule is CCOC(=O)[C@@H]1C(=O)C=C(c2ccc(Br)cc2)C[C@@H]1c1ccccc1. The lowest BCUT2D eigenvalue weighted by molar-refractivity contribution is -0.151. The molecule has 0 aliphatic heterocycles. The minimum atomic E-state index is -0.776. The van der Waals surface area contributed by atoms with Gasteiger partial charge in [0.25, 0.3) is 0 Å². The molecule has 0 saturated heterocycles. The molecule has 0 N–H and O–H groups in total. The van der Waals surface area contributed by atoms with E-state index in [4.69, 9.17) is 4.74 Å². The molecule has 1 aliphatic carbocycles. The number of esters is 1. The first-order valence-electron chi connectivity index (χ1n) is 8.32. The van der Waals surface area contributed by atoms with Gasteiger partial charge < -0.3 is 4.74 Å². The zero-order chi connectivity index (χ0) is 17.8. The van der Waals surface area contributed by atoms with Gasteiger partial charge in [-0.1, -0.05) is 58.4 Å². The van der Waals surface area contributed by atoms with Crippen molar-refractivity contribution in [2.45, 2.75) is 19.3 Å². The number of rotatable bonds is 4. The average molecular weight is 399 g/mol. The van der Waals surface area contributed by atoms with Crippen LogP contribution >= 0.6 is 15.9 Å². The van der Waals surface area contributed by atoms with E-state index < -0.39 is 11.9 Å². The second kappa shape index (κ2) is 7.79. The Morgan fingerprint density at radius 1 is 1.12 bits per heavy atom. The second-order valence-corrected chi connectivity index (χ2v) is 6.95. The van der Waals surface area contributed by atoms with E-state index in [0.717, 1.165) is 21.2 Å². The monoisotopic (exact) mass is 398 g/mol. The summed E-state index contributed by atoms with van der Waals surface area (Å²) in [5.41, 5.74) is 2.93. The number of benzene rings is 2. The number of ketones is 1. The predicted molar refractivity (Wildman–Crippen MR) is 101 cm³/mol. The van der Waals surface area contributed by atoms with Gasteiger partial charge in [-0.25, -0.2) is 0 Å². The molecule has 0 radical (unpaired) electrons.